The third kappa shape index (κ3) is 4.94. The largest absolute Gasteiger partial charge is 0.508 e. The number of phenolic OH excluding ortho intramolecular Hbond substituents is 3. The summed E-state index contributed by atoms with van der Waals surface area (Å²) in [5.41, 5.74) is 4.26. The number of phenols is 3. The fourth-order valence-corrected chi connectivity index (χ4v) is 3.53. The predicted octanol–water partition coefficient (Wildman–Crippen LogP) is 4.83. The summed E-state index contributed by atoms with van der Waals surface area (Å²) in [5.74, 6) is 2.54. The molecule has 0 atom stereocenters. The van der Waals surface area contributed by atoms with Crippen LogP contribution in [0, 0.1) is 0 Å². The molecule has 3 nitrogen and oxygen atoms in total. The van der Waals surface area contributed by atoms with Gasteiger partial charge in [-0.3, -0.25) is 0 Å². The molecule has 0 fully saturated rings. The molecule has 0 amide bonds. The van der Waals surface area contributed by atoms with Crippen LogP contribution in [0.2, 0.25) is 0 Å². The molecule has 0 spiro atoms. The molecule has 3 aromatic rings. The SMILES string of the molecule is Oc1ccc(CSCc2ccc(O)c(Cc3ccc(O)cc3)c2)cc1. The van der Waals surface area contributed by atoms with Gasteiger partial charge in [0.05, 0.1) is 0 Å². The first-order chi connectivity index (χ1) is 12.1. The van der Waals surface area contributed by atoms with E-state index in [9.17, 15) is 15.3 Å². The summed E-state index contributed by atoms with van der Waals surface area (Å²) in [5, 5.41) is 28.8. The molecular formula is C21H20O3S. The molecule has 0 aromatic heterocycles. The van der Waals surface area contributed by atoms with Crippen LogP contribution in [0.4, 0.5) is 0 Å². The summed E-state index contributed by atoms with van der Waals surface area (Å²) < 4.78 is 0. The molecule has 25 heavy (non-hydrogen) atoms. The van der Waals surface area contributed by atoms with Crippen LogP contribution in [-0.2, 0) is 17.9 Å². The lowest BCUT2D eigenvalue weighted by Gasteiger charge is -2.09. The molecular weight excluding hydrogens is 332 g/mol. The lowest BCUT2D eigenvalue weighted by atomic mass is 10.0. The zero-order chi connectivity index (χ0) is 17.6. The van der Waals surface area contributed by atoms with Gasteiger partial charge in [-0.15, -0.1) is 0 Å². The van der Waals surface area contributed by atoms with Crippen molar-refractivity contribution < 1.29 is 15.3 Å². The molecule has 0 unspecified atom stereocenters. The van der Waals surface area contributed by atoms with Gasteiger partial charge in [-0.25, -0.2) is 0 Å². The first-order valence-corrected chi connectivity index (χ1v) is 9.20. The van der Waals surface area contributed by atoms with Crippen LogP contribution in [0.3, 0.4) is 0 Å². The molecule has 0 saturated carbocycles. The normalized spacial score (nSPS) is 10.7. The predicted molar refractivity (Wildman–Crippen MR) is 102 cm³/mol. The van der Waals surface area contributed by atoms with Gasteiger partial charge >= 0.3 is 0 Å². The highest BCUT2D eigenvalue weighted by Gasteiger charge is 2.05. The van der Waals surface area contributed by atoms with E-state index in [2.05, 4.69) is 0 Å². The Balaban J connectivity index is 1.62. The topological polar surface area (TPSA) is 60.7 Å². The van der Waals surface area contributed by atoms with Gasteiger partial charge in [-0.1, -0.05) is 36.4 Å². The molecule has 0 aliphatic carbocycles. The summed E-state index contributed by atoms with van der Waals surface area (Å²) in [4.78, 5) is 0. The second-order valence-corrected chi connectivity index (χ2v) is 6.95. The highest BCUT2D eigenvalue weighted by atomic mass is 32.2. The van der Waals surface area contributed by atoms with Gasteiger partial charge < -0.3 is 15.3 Å². The highest BCUT2D eigenvalue weighted by molar-refractivity contribution is 7.97. The first kappa shape index (κ1) is 17.2. The quantitative estimate of drug-likeness (QED) is 0.595. The van der Waals surface area contributed by atoms with Crippen molar-refractivity contribution in [1.29, 1.82) is 0 Å². The lowest BCUT2D eigenvalue weighted by molar-refractivity contribution is 0.469. The minimum absolute atomic E-state index is 0.243. The van der Waals surface area contributed by atoms with Crippen molar-refractivity contribution in [2.75, 3.05) is 0 Å². The van der Waals surface area contributed by atoms with Gasteiger partial charge in [-0.2, -0.15) is 11.8 Å². The standard InChI is InChI=1S/C21H20O3S/c22-19-6-1-15(2-7-19)11-18-12-17(5-10-21(18)24)14-25-13-16-3-8-20(23)9-4-16/h1-10,12,22-24H,11,13-14H2. The number of rotatable bonds is 6. The van der Waals surface area contributed by atoms with Crippen molar-refractivity contribution in [2.45, 2.75) is 17.9 Å². The number of hydrogen-bond donors (Lipinski definition) is 3. The average Bonchev–Trinajstić information content (AvgIpc) is 2.61. The monoisotopic (exact) mass is 352 g/mol. The van der Waals surface area contributed by atoms with E-state index in [4.69, 9.17) is 0 Å². The van der Waals surface area contributed by atoms with E-state index in [1.807, 2.05) is 36.4 Å². The number of thioether (sulfide) groups is 1. The molecule has 4 heteroatoms. The van der Waals surface area contributed by atoms with E-state index in [1.54, 1.807) is 42.1 Å². The molecule has 0 aliphatic rings. The van der Waals surface area contributed by atoms with Crippen molar-refractivity contribution in [3.63, 3.8) is 0 Å². The van der Waals surface area contributed by atoms with Gasteiger partial charge in [0.2, 0.25) is 0 Å². The van der Waals surface area contributed by atoms with Gasteiger partial charge in [-0.05, 0) is 52.6 Å². The van der Waals surface area contributed by atoms with E-state index in [0.29, 0.717) is 12.2 Å². The summed E-state index contributed by atoms with van der Waals surface area (Å²) >= 11 is 1.79. The van der Waals surface area contributed by atoms with E-state index >= 15 is 0 Å². The van der Waals surface area contributed by atoms with Crippen LogP contribution in [0.15, 0.2) is 66.7 Å². The molecule has 0 saturated heterocycles. The Bertz CT molecular complexity index is 827. The van der Waals surface area contributed by atoms with Crippen LogP contribution in [0.1, 0.15) is 22.3 Å². The maximum Gasteiger partial charge on any atom is 0.119 e. The Kier molecular flexibility index (Phi) is 5.51. The molecule has 128 valence electrons. The van der Waals surface area contributed by atoms with Crippen LogP contribution in [0.25, 0.3) is 0 Å². The lowest BCUT2D eigenvalue weighted by Crippen LogP contribution is -1.91. The van der Waals surface area contributed by atoms with E-state index in [1.165, 1.54) is 5.56 Å². The maximum atomic E-state index is 10.1. The van der Waals surface area contributed by atoms with Crippen molar-refractivity contribution in [1.82, 2.24) is 0 Å². The summed E-state index contributed by atoms with van der Waals surface area (Å²) in [6, 6.07) is 20.0. The average molecular weight is 352 g/mol. The molecule has 0 radical (unpaired) electrons. The van der Waals surface area contributed by atoms with E-state index in [-0.39, 0.29) is 11.5 Å². The van der Waals surface area contributed by atoms with E-state index < -0.39 is 0 Å². The van der Waals surface area contributed by atoms with Gasteiger partial charge in [0.25, 0.3) is 0 Å². The smallest absolute Gasteiger partial charge is 0.119 e. The van der Waals surface area contributed by atoms with Crippen LogP contribution < -0.4 is 0 Å². The second kappa shape index (κ2) is 7.99. The Morgan fingerprint density at radius 3 is 1.76 bits per heavy atom. The first-order valence-electron chi connectivity index (χ1n) is 8.04. The van der Waals surface area contributed by atoms with Gasteiger partial charge in [0, 0.05) is 17.9 Å². The molecule has 3 aromatic carbocycles. The fraction of sp³-hybridized carbons (Fsp3) is 0.143. The molecule has 3 rings (SSSR count). The minimum Gasteiger partial charge on any atom is -0.508 e. The Morgan fingerprint density at radius 1 is 0.600 bits per heavy atom. The maximum absolute atomic E-state index is 10.1. The van der Waals surface area contributed by atoms with Crippen molar-refractivity contribution >= 4 is 11.8 Å². The Hall–Kier alpha value is -2.59. The van der Waals surface area contributed by atoms with Crippen molar-refractivity contribution in [3.8, 4) is 17.2 Å². The Morgan fingerprint density at radius 2 is 1.12 bits per heavy atom. The third-order valence-corrected chi connectivity index (χ3v) is 5.02. The molecule has 0 aliphatic heterocycles. The van der Waals surface area contributed by atoms with Gasteiger partial charge in [0.15, 0.2) is 0 Å². The highest BCUT2D eigenvalue weighted by Crippen LogP contribution is 2.26. The minimum atomic E-state index is 0.243. The van der Waals surface area contributed by atoms with Crippen LogP contribution >= 0.6 is 11.8 Å². The Labute approximate surface area is 151 Å². The molecule has 0 heterocycles. The zero-order valence-electron chi connectivity index (χ0n) is 13.7. The summed E-state index contributed by atoms with van der Waals surface area (Å²) in [6.07, 6.45) is 0.628. The van der Waals surface area contributed by atoms with Crippen molar-refractivity contribution in [3.05, 3.63) is 89.0 Å². The number of hydrogen-bond acceptors (Lipinski definition) is 4. The molecule has 0 bridgehead atoms. The van der Waals surface area contributed by atoms with Crippen LogP contribution in [0.5, 0.6) is 17.2 Å². The van der Waals surface area contributed by atoms with Gasteiger partial charge in [0.1, 0.15) is 17.2 Å². The summed E-state index contributed by atoms with van der Waals surface area (Å²) in [7, 11) is 0. The van der Waals surface area contributed by atoms with Crippen LogP contribution in [-0.4, -0.2) is 15.3 Å². The fourth-order valence-electron chi connectivity index (χ4n) is 2.58. The zero-order valence-corrected chi connectivity index (χ0v) is 14.5. The summed E-state index contributed by atoms with van der Waals surface area (Å²) in [6.45, 7) is 0. The third-order valence-electron chi connectivity index (χ3n) is 3.95. The molecule has 3 N–H and O–H groups in total. The number of aromatic hydroxyl groups is 3. The number of benzene rings is 3. The van der Waals surface area contributed by atoms with E-state index in [0.717, 1.165) is 28.2 Å². The second-order valence-electron chi connectivity index (χ2n) is 5.97. The van der Waals surface area contributed by atoms with Crippen molar-refractivity contribution in [2.24, 2.45) is 0 Å².